The molecule has 0 saturated heterocycles. The monoisotopic (exact) mass is 448 g/mol. The van der Waals surface area contributed by atoms with Gasteiger partial charge in [-0.1, -0.05) is 64.4 Å². The van der Waals surface area contributed by atoms with Crippen LogP contribution in [0, 0.1) is 11.8 Å². The van der Waals surface area contributed by atoms with Crippen molar-refractivity contribution in [2.75, 3.05) is 0 Å². The molecule has 0 spiro atoms. The summed E-state index contributed by atoms with van der Waals surface area (Å²) in [5.74, 6) is -3.14. The third-order valence-corrected chi connectivity index (χ3v) is 5.46. The molecule has 32 heavy (non-hydrogen) atoms. The van der Waals surface area contributed by atoms with Gasteiger partial charge in [-0.25, -0.2) is 0 Å². The molecule has 0 saturated carbocycles. The van der Waals surface area contributed by atoms with Crippen LogP contribution >= 0.6 is 0 Å². The van der Waals surface area contributed by atoms with Crippen molar-refractivity contribution in [2.45, 2.75) is 71.6 Å². The van der Waals surface area contributed by atoms with Crippen molar-refractivity contribution >= 4 is 23.7 Å². The Morgan fingerprint density at radius 3 is 2.00 bits per heavy atom. The van der Waals surface area contributed by atoms with E-state index in [1.165, 1.54) is 6.92 Å². The Morgan fingerprint density at radius 1 is 0.906 bits per heavy atom. The highest BCUT2D eigenvalue weighted by atomic mass is 16.4. The molecule has 1 aromatic rings. The molecular formula is C23H36N4O5. The molecule has 0 aliphatic heterocycles. The van der Waals surface area contributed by atoms with Crippen molar-refractivity contribution in [1.29, 1.82) is 0 Å². The summed E-state index contributed by atoms with van der Waals surface area (Å²) in [7, 11) is 0. The third kappa shape index (κ3) is 8.30. The summed E-state index contributed by atoms with van der Waals surface area (Å²) in [6, 6.07) is 5.38. The Morgan fingerprint density at radius 2 is 1.50 bits per heavy atom. The van der Waals surface area contributed by atoms with Gasteiger partial charge in [-0.2, -0.15) is 0 Å². The summed E-state index contributed by atoms with van der Waals surface area (Å²) in [4.78, 5) is 49.5. The highest BCUT2D eigenvalue weighted by molar-refractivity contribution is 5.94. The molecule has 0 fully saturated rings. The van der Waals surface area contributed by atoms with Crippen LogP contribution in [0.2, 0.25) is 0 Å². The van der Waals surface area contributed by atoms with Crippen LogP contribution in [0.25, 0.3) is 0 Å². The van der Waals surface area contributed by atoms with Crippen LogP contribution in [0.3, 0.4) is 0 Å². The first-order valence-corrected chi connectivity index (χ1v) is 10.9. The minimum Gasteiger partial charge on any atom is -0.480 e. The number of carboxylic acids is 1. The first kappa shape index (κ1) is 27.1. The van der Waals surface area contributed by atoms with Crippen LogP contribution in [0.5, 0.6) is 0 Å². The van der Waals surface area contributed by atoms with Crippen molar-refractivity contribution in [3.05, 3.63) is 35.9 Å². The van der Waals surface area contributed by atoms with E-state index in [-0.39, 0.29) is 18.3 Å². The molecule has 5 atom stereocenters. The molecule has 1 rings (SSSR count). The largest absolute Gasteiger partial charge is 0.480 e. The highest BCUT2D eigenvalue weighted by Gasteiger charge is 2.32. The maximum absolute atomic E-state index is 13.2. The van der Waals surface area contributed by atoms with Crippen molar-refractivity contribution in [3.63, 3.8) is 0 Å². The molecule has 9 nitrogen and oxygen atoms in total. The second kappa shape index (κ2) is 12.8. The van der Waals surface area contributed by atoms with E-state index in [0.717, 1.165) is 5.56 Å². The molecule has 0 aliphatic carbocycles. The lowest BCUT2D eigenvalue weighted by atomic mass is 9.96. The van der Waals surface area contributed by atoms with Gasteiger partial charge >= 0.3 is 5.97 Å². The highest BCUT2D eigenvalue weighted by Crippen LogP contribution is 2.11. The van der Waals surface area contributed by atoms with E-state index in [2.05, 4.69) is 16.0 Å². The zero-order valence-electron chi connectivity index (χ0n) is 19.4. The minimum atomic E-state index is -1.18. The van der Waals surface area contributed by atoms with Crippen molar-refractivity contribution in [1.82, 2.24) is 16.0 Å². The van der Waals surface area contributed by atoms with E-state index < -0.39 is 47.9 Å². The van der Waals surface area contributed by atoms with Gasteiger partial charge in [0.25, 0.3) is 0 Å². The van der Waals surface area contributed by atoms with Gasteiger partial charge in [-0.15, -0.1) is 0 Å². The number of rotatable bonds is 12. The number of nitrogens with two attached hydrogens (primary N) is 1. The third-order valence-electron chi connectivity index (χ3n) is 5.46. The predicted octanol–water partition coefficient (Wildman–Crippen LogP) is 0.817. The first-order chi connectivity index (χ1) is 15.0. The topological polar surface area (TPSA) is 151 Å². The summed E-state index contributed by atoms with van der Waals surface area (Å²) in [6.45, 7) is 8.62. The number of hydrogen-bond acceptors (Lipinski definition) is 5. The smallest absolute Gasteiger partial charge is 0.325 e. The summed E-state index contributed by atoms with van der Waals surface area (Å²) < 4.78 is 0. The zero-order chi connectivity index (χ0) is 24.4. The van der Waals surface area contributed by atoms with Gasteiger partial charge in [0.2, 0.25) is 17.7 Å². The fourth-order valence-corrected chi connectivity index (χ4v) is 2.95. The van der Waals surface area contributed by atoms with Gasteiger partial charge in [-0.3, -0.25) is 19.2 Å². The molecule has 0 heterocycles. The van der Waals surface area contributed by atoms with E-state index in [1.54, 1.807) is 6.92 Å². The number of aliphatic carboxylic acids is 1. The summed E-state index contributed by atoms with van der Waals surface area (Å²) in [6.07, 6.45) is 0.789. The van der Waals surface area contributed by atoms with Gasteiger partial charge < -0.3 is 26.8 Å². The number of nitrogens with one attached hydrogen (secondary N) is 3. The number of amides is 3. The number of carbonyl (C=O) groups is 4. The molecule has 9 heteroatoms. The summed E-state index contributed by atoms with van der Waals surface area (Å²) >= 11 is 0. The van der Waals surface area contributed by atoms with Crippen LogP contribution < -0.4 is 21.7 Å². The van der Waals surface area contributed by atoms with Crippen molar-refractivity contribution < 1.29 is 24.3 Å². The van der Waals surface area contributed by atoms with E-state index >= 15 is 0 Å². The second-order valence-electron chi connectivity index (χ2n) is 8.46. The maximum atomic E-state index is 13.2. The van der Waals surface area contributed by atoms with Gasteiger partial charge in [0.05, 0.1) is 6.04 Å². The Labute approximate surface area is 189 Å². The van der Waals surface area contributed by atoms with Crippen LogP contribution in [0.1, 0.15) is 46.6 Å². The van der Waals surface area contributed by atoms with Crippen LogP contribution in [-0.4, -0.2) is 53.0 Å². The average molecular weight is 449 g/mol. The zero-order valence-corrected chi connectivity index (χ0v) is 19.4. The fourth-order valence-electron chi connectivity index (χ4n) is 2.95. The molecule has 178 valence electrons. The number of carboxylic acid groups (broad SMARTS) is 1. The Balaban J connectivity index is 3.08. The van der Waals surface area contributed by atoms with Gasteiger partial charge in [0.1, 0.15) is 18.1 Å². The first-order valence-electron chi connectivity index (χ1n) is 10.9. The van der Waals surface area contributed by atoms with Crippen LogP contribution in [0.4, 0.5) is 0 Å². The quantitative estimate of drug-likeness (QED) is 0.319. The number of carbonyl (C=O) groups excluding carboxylic acids is 3. The predicted molar refractivity (Wildman–Crippen MR) is 122 cm³/mol. The van der Waals surface area contributed by atoms with Crippen LogP contribution in [-0.2, 0) is 25.6 Å². The second-order valence-corrected chi connectivity index (χ2v) is 8.46. The fraction of sp³-hybridized carbons (Fsp3) is 0.565. The molecule has 1 aromatic carbocycles. The van der Waals surface area contributed by atoms with Gasteiger partial charge in [0, 0.05) is 6.42 Å². The van der Waals surface area contributed by atoms with Gasteiger partial charge in [0.15, 0.2) is 0 Å². The standard InChI is InChI=1S/C23H36N4O5/c1-6-14(4)19(22(30)25-15(5)23(31)32)27-20(28)17(12-16-10-8-7-9-11-16)26-21(29)18(24)13(2)3/h7-11,13-15,17-19H,6,12,24H2,1-5H3,(H,25,30)(H,26,29)(H,27,28)(H,31,32). The average Bonchev–Trinajstić information content (AvgIpc) is 2.75. The number of hydrogen-bond donors (Lipinski definition) is 5. The van der Waals surface area contributed by atoms with Crippen molar-refractivity contribution in [3.8, 4) is 0 Å². The van der Waals surface area contributed by atoms with Crippen LogP contribution in [0.15, 0.2) is 30.3 Å². The molecular weight excluding hydrogens is 412 g/mol. The van der Waals surface area contributed by atoms with Crippen molar-refractivity contribution in [2.24, 2.45) is 17.6 Å². The van der Waals surface area contributed by atoms with E-state index in [4.69, 9.17) is 10.8 Å². The summed E-state index contributed by atoms with van der Waals surface area (Å²) in [5.41, 5.74) is 6.77. The molecule has 6 N–H and O–H groups in total. The van der Waals surface area contributed by atoms with Gasteiger partial charge in [-0.05, 0) is 24.3 Å². The molecule has 0 bridgehead atoms. The lowest BCUT2D eigenvalue weighted by molar-refractivity contribution is -0.142. The Hall–Kier alpha value is -2.94. The minimum absolute atomic E-state index is 0.119. The van der Waals surface area contributed by atoms with E-state index in [1.807, 2.05) is 51.1 Å². The SMILES string of the molecule is CCC(C)C(NC(=O)C(Cc1ccccc1)NC(=O)C(N)C(C)C)C(=O)NC(C)C(=O)O. The Kier molecular flexibility index (Phi) is 10.8. The number of benzene rings is 1. The molecule has 0 aromatic heterocycles. The lowest BCUT2D eigenvalue weighted by Gasteiger charge is -2.28. The van der Waals surface area contributed by atoms with E-state index in [9.17, 15) is 19.2 Å². The maximum Gasteiger partial charge on any atom is 0.325 e. The summed E-state index contributed by atoms with van der Waals surface area (Å²) in [5, 5.41) is 16.9. The van der Waals surface area contributed by atoms with E-state index in [0.29, 0.717) is 6.42 Å². The molecule has 0 radical (unpaired) electrons. The normalized spacial score (nSPS) is 15.7. The Bertz CT molecular complexity index is 784. The molecule has 5 unspecified atom stereocenters. The molecule has 3 amide bonds. The molecule has 0 aliphatic rings. The lowest BCUT2D eigenvalue weighted by Crippen LogP contribution is -2.59.